The maximum absolute atomic E-state index is 11.8. The molecule has 0 aromatic carbocycles. The highest BCUT2D eigenvalue weighted by molar-refractivity contribution is 5.90. The molecule has 0 radical (unpaired) electrons. The Labute approximate surface area is 112 Å². The number of urea groups is 1. The zero-order chi connectivity index (χ0) is 13.8. The lowest BCUT2D eigenvalue weighted by Crippen LogP contribution is -2.45. The van der Waals surface area contributed by atoms with Gasteiger partial charge in [0.1, 0.15) is 6.04 Å². The largest absolute Gasteiger partial charge is 0.354 e. The Hall–Kier alpha value is -1.79. The maximum Gasteiger partial charge on any atom is 0.315 e. The molecular formula is C12H20N4O3. The van der Waals surface area contributed by atoms with Crippen molar-refractivity contribution < 1.29 is 14.4 Å². The summed E-state index contributed by atoms with van der Waals surface area (Å²) >= 11 is 0. The van der Waals surface area contributed by atoms with Gasteiger partial charge in [-0.2, -0.15) is 0 Å². The number of amides is 4. The highest BCUT2D eigenvalue weighted by Crippen LogP contribution is 2.11. The molecule has 2 rings (SSSR count). The van der Waals surface area contributed by atoms with Crippen molar-refractivity contribution >= 4 is 17.8 Å². The van der Waals surface area contributed by atoms with Crippen LogP contribution in [0.4, 0.5) is 4.79 Å². The third-order valence-electron chi connectivity index (χ3n) is 3.42. The van der Waals surface area contributed by atoms with E-state index in [1.807, 2.05) is 11.8 Å². The fourth-order valence-corrected chi connectivity index (χ4v) is 2.35. The van der Waals surface area contributed by atoms with Crippen LogP contribution in [-0.4, -0.2) is 55.0 Å². The molecule has 2 aliphatic rings. The first kappa shape index (κ1) is 13.6. The van der Waals surface area contributed by atoms with Gasteiger partial charge in [0.15, 0.2) is 0 Å². The topological polar surface area (TPSA) is 90.5 Å². The second-order valence-corrected chi connectivity index (χ2v) is 5.20. The molecule has 7 nitrogen and oxygen atoms in total. The van der Waals surface area contributed by atoms with Gasteiger partial charge in [0.25, 0.3) is 0 Å². The number of hydrogen-bond acceptors (Lipinski definition) is 3. The van der Waals surface area contributed by atoms with Crippen LogP contribution < -0.4 is 16.0 Å². The maximum atomic E-state index is 11.8. The summed E-state index contributed by atoms with van der Waals surface area (Å²) in [5.41, 5.74) is 0. The molecule has 2 fully saturated rings. The summed E-state index contributed by atoms with van der Waals surface area (Å²) in [6, 6.07) is -0.802. The molecule has 19 heavy (non-hydrogen) atoms. The summed E-state index contributed by atoms with van der Waals surface area (Å²) in [6.45, 7) is 4.32. The smallest absolute Gasteiger partial charge is 0.315 e. The van der Waals surface area contributed by atoms with Crippen LogP contribution in [0, 0.1) is 5.92 Å². The van der Waals surface area contributed by atoms with E-state index in [-0.39, 0.29) is 23.8 Å². The van der Waals surface area contributed by atoms with Crippen molar-refractivity contribution in [2.24, 2.45) is 5.92 Å². The number of hydrogen-bond donors (Lipinski definition) is 3. The highest BCUT2D eigenvalue weighted by Gasteiger charge is 2.27. The van der Waals surface area contributed by atoms with Gasteiger partial charge in [-0.05, 0) is 12.3 Å². The minimum absolute atomic E-state index is 0.182. The van der Waals surface area contributed by atoms with Gasteiger partial charge >= 0.3 is 6.03 Å². The highest BCUT2D eigenvalue weighted by atomic mass is 16.2. The predicted octanol–water partition coefficient (Wildman–Crippen LogP) is -0.957. The van der Waals surface area contributed by atoms with E-state index in [1.54, 1.807) is 0 Å². The number of nitrogens with one attached hydrogen (secondary N) is 3. The molecular weight excluding hydrogens is 248 g/mol. The number of likely N-dealkylation sites (tertiary alicyclic amines) is 1. The molecule has 0 bridgehead atoms. The van der Waals surface area contributed by atoms with Crippen LogP contribution in [-0.2, 0) is 9.59 Å². The monoisotopic (exact) mass is 268 g/mol. The lowest BCUT2D eigenvalue weighted by atomic mass is 10.1. The fraction of sp³-hybridized carbons (Fsp3) is 0.750. The molecule has 0 aromatic rings. The van der Waals surface area contributed by atoms with E-state index in [2.05, 4.69) is 16.0 Å². The molecule has 106 valence electrons. The molecule has 0 aliphatic carbocycles. The summed E-state index contributed by atoms with van der Waals surface area (Å²) < 4.78 is 0. The van der Waals surface area contributed by atoms with Crippen LogP contribution in [0.1, 0.15) is 19.8 Å². The van der Waals surface area contributed by atoms with Crippen molar-refractivity contribution in [2.75, 3.05) is 26.2 Å². The van der Waals surface area contributed by atoms with Gasteiger partial charge in [0.05, 0.1) is 0 Å². The van der Waals surface area contributed by atoms with Crippen molar-refractivity contribution in [1.82, 2.24) is 20.9 Å². The van der Waals surface area contributed by atoms with E-state index in [0.717, 1.165) is 13.0 Å². The first-order chi connectivity index (χ1) is 9.06. The fourth-order valence-electron chi connectivity index (χ4n) is 2.35. The van der Waals surface area contributed by atoms with E-state index < -0.39 is 6.04 Å². The number of carbonyl (C=O) groups is 3. The summed E-state index contributed by atoms with van der Waals surface area (Å²) in [5, 5.41) is 7.87. The van der Waals surface area contributed by atoms with Crippen LogP contribution in [0.5, 0.6) is 0 Å². The Balaban J connectivity index is 1.68. The Morgan fingerprint density at radius 1 is 1.53 bits per heavy atom. The summed E-state index contributed by atoms with van der Waals surface area (Å²) in [6.07, 6.45) is 1.57. The van der Waals surface area contributed by atoms with Crippen molar-refractivity contribution in [3.8, 4) is 0 Å². The minimum Gasteiger partial charge on any atom is -0.354 e. The molecule has 3 N–H and O–H groups in total. The lowest BCUT2D eigenvalue weighted by molar-refractivity contribution is -0.128. The van der Waals surface area contributed by atoms with Crippen LogP contribution in [0.2, 0.25) is 0 Å². The van der Waals surface area contributed by atoms with E-state index in [4.69, 9.17) is 0 Å². The normalized spacial score (nSPS) is 24.1. The summed E-state index contributed by atoms with van der Waals surface area (Å²) in [4.78, 5) is 36.0. The molecule has 0 aromatic heterocycles. The molecule has 2 heterocycles. The van der Waals surface area contributed by atoms with Gasteiger partial charge < -0.3 is 20.9 Å². The van der Waals surface area contributed by atoms with Crippen molar-refractivity contribution in [3.05, 3.63) is 0 Å². The van der Waals surface area contributed by atoms with Gasteiger partial charge in [0, 0.05) is 32.6 Å². The Kier molecular flexibility index (Phi) is 4.24. The first-order valence-electron chi connectivity index (χ1n) is 6.66. The third kappa shape index (κ3) is 3.59. The van der Waals surface area contributed by atoms with Crippen molar-refractivity contribution in [3.63, 3.8) is 0 Å². The van der Waals surface area contributed by atoms with Crippen molar-refractivity contribution in [1.29, 1.82) is 0 Å². The molecule has 2 atom stereocenters. The molecule has 0 saturated carbocycles. The quantitative estimate of drug-likeness (QED) is 0.600. The number of carbonyl (C=O) groups excluding carboxylic acids is 3. The van der Waals surface area contributed by atoms with E-state index in [1.165, 1.54) is 0 Å². The van der Waals surface area contributed by atoms with Gasteiger partial charge in [-0.1, -0.05) is 6.92 Å². The molecule has 4 amide bonds. The van der Waals surface area contributed by atoms with E-state index in [9.17, 15) is 14.4 Å². The summed E-state index contributed by atoms with van der Waals surface area (Å²) in [5.74, 6) is 0.222. The molecule has 7 heteroatoms. The van der Waals surface area contributed by atoms with Gasteiger partial charge in [-0.3, -0.25) is 9.59 Å². The zero-order valence-electron chi connectivity index (χ0n) is 11.1. The van der Waals surface area contributed by atoms with E-state index in [0.29, 0.717) is 26.1 Å². The van der Waals surface area contributed by atoms with Gasteiger partial charge in [0.2, 0.25) is 11.8 Å². The lowest BCUT2D eigenvalue weighted by Gasteiger charge is -2.21. The standard InChI is InChI=1S/C12H20N4O3/c1-8(7-16-4-2-3-10(16)17)5-13-11(18)9-6-14-12(19)15-9/h8-9H,2-7H2,1H3,(H,13,18)(H2,14,15,19)/t8-,9-/m0/s1. The third-order valence-corrected chi connectivity index (χ3v) is 3.42. The van der Waals surface area contributed by atoms with Gasteiger partial charge in [-0.15, -0.1) is 0 Å². The van der Waals surface area contributed by atoms with Crippen LogP contribution in [0.25, 0.3) is 0 Å². The first-order valence-corrected chi connectivity index (χ1v) is 6.66. The average molecular weight is 268 g/mol. The number of nitrogens with zero attached hydrogens (tertiary/aromatic N) is 1. The Bertz CT molecular complexity index is 385. The van der Waals surface area contributed by atoms with Crippen LogP contribution in [0.15, 0.2) is 0 Å². The number of rotatable bonds is 5. The average Bonchev–Trinajstić information content (AvgIpc) is 2.96. The second-order valence-electron chi connectivity index (χ2n) is 5.20. The summed E-state index contributed by atoms with van der Waals surface area (Å²) in [7, 11) is 0. The zero-order valence-corrected chi connectivity index (χ0v) is 11.1. The second kappa shape index (κ2) is 5.90. The van der Waals surface area contributed by atoms with Crippen LogP contribution in [0.3, 0.4) is 0 Å². The SMILES string of the molecule is C[C@@H](CNC(=O)[C@@H]1CNC(=O)N1)CN1CCCC1=O. The van der Waals surface area contributed by atoms with E-state index >= 15 is 0 Å². The Morgan fingerprint density at radius 2 is 2.32 bits per heavy atom. The van der Waals surface area contributed by atoms with Crippen LogP contribution >= 0.6 is 0 Å². The molecule has 2 saturated heterocycles. The Morgan fingerprint density at radius 3 is 2.89 bits per heavy atom. The minimum atomic E-state index is -0.492. The van der Waals surface area contributed by atoms with Gasteiger partial charge in [-0.25, -0.2) is 4.79 Å². The molecule has 0 unspecified atom stereocenters. The molecule has 0 spiro atoms. The predicted molar refractivity (Wildman–Crippen MR) is 68.3 cm³/mol. The molecule has 2 aliphatic heterocycles. The van der Waals surface area contributed by atoms with Crippen molar-refractivity contribution in [2.45, 2.75) is 25.8 Å².